The van der Waals surface area contributed by atoms with E-state index in [1.54, 1.807) is 0 Å². The number of alkyl carbamates (subject to hydrolysis) is 1. The summed E-state index contributed by atoms with van der Waals surface area (Å²) in [5.41, 5.74) is 0.0464. The number of rotatable bonds is 15. The number of carbonyl (C=O) groups excluding carboxylic acids is 2. The number of carbonyl (C=O) groups is 2. The number of nitrogens with one attached hydrogen (secondary N) is 2. The van der Waals surface area contributed by atoms with Gasteiger partial charge < -0.3 is 44.2 Å². The molecule has 0 radical (unpaired) electrons. The first-order chi connectivity index (χ1) is 25.4. The second-order valence-electron chi connectivity index (χ2n) is 14.0. The maximum absolute atomic E-state index is 14.4. The monoisotopic (exact) mass is 757 g/mol. The van der Waals surface area contributed by atoms with E-state index in [1.807, 2.05) is 44.2 Å². The van der Waals surface area contributed by atoms with Gasteiger partial charge in [-0.15, -0.1) is 0 Å². The van der Waals surface area contributed by atoms with Crippen LogP contribution in [0.1, 0.15) is 32.3 Å². The Bertz CT molecular complexity index is 1830. The third kappa shape index (κ3) is 9.94. The highest BCUT2D eigenvalue weighted by Gasteiger charge is 2.44. The number of amides is 2. The molecule has 0 aliphatic carbocycles. The number of hydrogen-bond acceptors (Lipinski definition) is 11. The van der Waals surface area contributed by atoms with E-state index in [-0.39, 0.29) is 55.2 Å². The van der Waals surface area contributed by atoms with Crippen molar-refractivity contribution < 1.29 is 55.9 Å². The van der Waals surface area contributed by atoms with Crippen LogP contribution >= 0.6 is 0 Å². The molecule has 5 atom stereocenters. The summed E-state index contributed by atoms with van der Waals surface area (Å²) in [6, 6.07) is 17.5. The van der Waals surface area contributed by atoms with E-state index in [0.717, 1.165) is 5.56 Å². The molecule has 3 heterocycles. The zero-order valence-electron chi connectivity index (χ0n) is 29.4. The third-order valence-corrected chi connectivity index (χ3v) is 11.2. The summed E-state index contributed by atoms with van der Waals surface area (Å²) in [4.78, 5) is 25.6. The Morgan fingerprint density at radius 2 is 1.77 bits per heavy atom. The number of sulfonamides is 1. The molecule has 16 heteroatoms. The summed E-state index contributed by atoms with van der Waals surface area (Å²) in [6.07, 6.45) is -2.70. The SMILES string of the molecule is CC(C)(CCNC(=O)Oc1ccc(F)cc1)CN(C[C@@H](O)[C@H](Cc1ccccc1)NC(=O)O[C@H]1CO[C@H]2OCC[C@H]21)S(=O)(=O)c1ccc2c(c1)OCO2. The smallest absolute Gasteiger partial charge is 0.412 e. The van der Waals surface area contributed by atoms with E-state index in [2.05, 4.69) is 10.6 Å². The Kier molecular flexibility index (Phi) is 12.0. The largest absolute Gasteiger partial charge is 0.454 e. The molecule has 2 amide bonds. The van der Waals surface area contributed by atoms with E-state index in [0.29, 0.717) is 25.2 Å². The van der Waals surface area contributed by atoms with Crippen molar-refractivity contribution >= 4 is 22.2 Å². The minimum Gasteiger partial charge on any atom is -0.454 e. The van der Waals surface area contributed by atoms with Gasteiger partial charge in [-0.1, -0.05) is 44.2 Å². The lowest BCUT2D eigenvalue weighted by Gasteiger charge is -2.35. The maximum Gasteiger partial charge on any atom is 0.412 e. The summed E-state index contributed by atoms with van der Waals surface area (Å²) >= 11 is 0. The van der Waals surface area contributed by atoms with Crippen LogP contribution in [-0.2, 0) is 30.7 Å². The molecule has 3 aromatic carbocycles. The van der Waals surface area contributed by atoms with Crippen molar-refractivity contribution in [3.8, 4) is 17.2 Å². The zero-order valence-corrected chi connectivity index (χ0v) is 30.3. The van der Waals surface area contributed by atoms with Gasteiger partial charge >= 0.3 is 12.2 Å². The number of aliphatic hydroxyl groups is 1. The lowest BCUT2D eigenvalue weighted by atomic mass is 9.89. The minimum absolute atomic E-state index is 0.0464. The predicted octanol–water partition coefficient (Wildman–Crippen LogP) is 4.21. The molecule has 3 aromatic rings. The van der Waals surface area contributed by atoms with Crippen molar-refractivity contribution in [3.63, 3.8) is 0 Å². The molecule has 6 rings (SSSR count). The van der Waals surface area contributed by atoms with Crippen LogP contribution in [0.4, 0.5) is 14.0 Å². The zero-order chi connectivity index (χ0) is 37.6. The Hall–Kier alpha value is -4.48. The highest BCUT2D eigenvalue weighted by Crippen LogP contribution is 2.36. The average molecular weight is 758 g/mol. The second-order valence-corrected chi connectivity index (χ2v) is 15.9. The molecule has 0 aromatic heterocycles. The third-order valence-electron chi connectivity index (χ3n) is 9.38. The number of hydrogen-bond donors (Lipinski definition) is 3. The molecular formula is C37H44FN3O11S. The summed E-state index contributed by atoms with van der Waals surface area (Å²) in [7, 11) is -4.28. The Morgan fingerprint density at radius 3 is 2.55 bits per heavy atom. The lowest BCUT2D eigenvalue weighted by Crippen LogP contribution is -2.52. The predicted molar refractivity (Wildman–Crippen MR) is 187 cm³/mol. The number of aliphatic hydroxyl groups excluding tert-OH is 1. The van der Waals surface area contributed by atoms with Crippen molar-refractivity contribution in [1.29, 1.82) is 0 Å². The molecule has 0 unspecified atom stereocenters. The highest BCUT2D eigenvalue weighted by molar-refractivity contribution is 7.89. The summed E-state index contributed by atoms with van der Waals surface area (Å²) in [5.74, 6) is 0.273. The Balaban J connectivity index is 1.18. The van der Waals surface area contributed by atoms with Gasteiger partial charge in [-0.05, 0) is 66.6 Å². The van der Waals surface area contributed by atoms with E-state index >= 15 is 0 Å². The normalized spacial score (nSPS) is 20.4. The molecule has 0 saturated carbocycles. The van der Waals surface area contributed by atoms with E-state index in [1.165, 1.54) is 46.8 Å². The molecule has 2 fully saturated rings. The molecular weight excluding hydrogens is 713 g/mol. The fourth-order valence-corrected chi connectivity index (χ4v) is 8.16. The minimum atomic E-state index is -4.28. The van der Waals surface area contributed by atoms with Gasteiger partial charge in [0.15, 0.2) is 17.8 Å². The molecule has 0 spiro atoms. The van der Waals surface area contributed by atoms with Gasteiger partial charge in [0.25, 0.3) is 0 Å². The standard InChI is InChI=1S/C37H44FN3O11S/c1-37(2,15-16-39-35(43)51-26-10-8-25(38)9-11-26)22-41(53(45,46)27-12-13-31-32(19-27)50-23-49-31)20-30(42)29(18-24-6-4-3-5-7-24)40-36(44)52-33-21-48-34-28(33)14-17-47-34/h3-13,19,28-30,33-34,42H,14-18,20-23H2,1-2H3,(H,39,43)(H,40,44)/t28-,29-,30+,33-,34+/m0/s1. The fourth-order valence-electron chi connectivity index (χ4n) is 6.50. The molecule has 0 bridgehead atoms. The van der Waals surface area contributed by atoms with Crippen LogP contribution in [0.15, 0.2) is 77.7 Å². The van der Waals surface area contributed by atoms with Gasteiger partial charge in [0.05, 0.1) is 36.2 Å². The van der Waals surface area contributed by atoms with E-state index in [4.69, 9.17) is 28.4 Å². The molecule has 2 saturated heterocycles. The number of ether oxygens (including phenoxy) is 6. The van der Waals surface area contributed by atoms with Crippen LogP contribution in [0.3, 0.4) is 0 Å². The van der Waals surface area contributed by atoms with Crippen LogP contribution < -0.4 is 24.8 Å². The van der Waals surface area contributed by atoms with Crippen LogP contribution in [0.2, 0.25) is 0 Å². The highest BCUT2D eigenvalue weighted by atomic mass is 32.2. The first-order valence-electron chi connectivity index (χ1n) is 17.4. The fraction of sp³-hybridized carbons (Fsp3) is 0.459. The Morgan fingerprint density at radius 1 is 1.02 bits per heavy atom. The van der Waals surface area contributed by atoms with Crippen LogP contribution in [0, 0.1) is 17.2 Å². The van der Waals surface area contributed by atoms with Gasteiger partial charge in [0.1, 0.15) is 17.7 Å². The van der Waals surface area contributed by atoms with Gasteiger partial charge in [0.2, 0.25) is 16.8 Å². The van der Waals surface area contributed by atoms with Gasteiger partial charge in [-0.2, -0.15) is 4.31 Å². The topological polar surface area (TPSA) is 171 Å². The number of fused-ring (bicyclic) bond motifs is 2. The maximum atomic E-state index is 14.4. The average Bonchev–Trinajstić information content (AvgIpc) is 3.88. The van der Waals surface area contributed by atoms with E-state index < -0.39 is 64.5 Å². The molecule has 53 heavy (non-hydrogen) atoms. The quantitative estimate of drug-likeness (QED) is 0.203. The summed E-state index contributed by atoms with van der Waals surface area (Å²) in [5, 5.41) is 17.2. The molecule has 14 nitrogen and oxygen atoms in total. The number of halogens is 1. The van der Waals surface area contributed by atoms with Crippen molar-refractivity contribution in [2.75, 3.05) is 39.6 Å². The molecule has 3 aliphatic rings. The molecule has 3 aliphatic heterocycles. The molecule has 286 valence electrons. The van der Waals surface area contributed by atoms with Crippen LogP contribution in [0.25, 0.3) is 0 Å². The Labute approximate surface area is 307 Å². The second kappa shape index (κ2) is 16.7. The van der Waals surface area contributed by atoms with Crippen LogP contribution in [-0.4, -0.2) is 94.2 Å². The summed E-state index contributed by atoms with van der Waals surface area (Å²) in [6.45, 7) is 3.94. The first kappa shape index (κ1) is 38.3. The van der Waals surface area contributed by atoms with Crippen molar-refractivity contribution in [2.45, 2.75) is 62.5 Å². The van der Waals surface area contributed by atoms with Crippen molar-refractivity contribution in [3.05, 3.63) is 84.2 Å². The lowest BCUT2D eigenvalue weighted by molar-refractivity contribution is -0.0907. The number of nitrogens with zero attached hydrogens (tertiary/aromatic N) is 1. The van der Waals surface area contributed by atoms with Gasteiger partial charge in [-0.25, -0.2) is 22.4 Å². The van der Waals surface area contributed by atoms with Gasteiger partial charge in [0, 0.05) is 25.7 Å². The van der Waals surface area contributed by atoms with Crippen molar-refractivity contribution in [2.24, 2.45) is 11.3 Å². The van der Waals surface area contributed by atoms with E-state index in [9.17, 15) is 27.5 Å². The number of benzene rings is 3. The van der Waals surface area contributed by atoms with Crippen molar-refractivity contribution in [1.82, 2.24) is 14.9 Å². The van der Waals surface area contributed by atoms with Crippen LogP contribution in [0.5, 0.6) is 17.2 Å². The van der Waals surface area contributed by atoms with Gasteiger partial charge in [-0.3, -0.25) is 0 Å². The summed E-state index contributed by atoms with van der Waals surface area (Å²) < 4.78 is 76.0. The molecule has 3 N–H and O–H groups in total. The first-order valence-corrected chi connectivity index (χ1v) is 18.8.